The van der Waals surface area contributed by atoms with Gasteiger partial charge in [-0.15, -0.1) is 11.3 Å². The van der Waals surface area contributed by atoms with Crippen LogP contribution < -0.4 is 11.0 Å². The summed E-state index contributed by atoms with van der Waals surface area (Å²) >= 11 is 1.30. The molecule has 2 heterocycles. The first-order valence-corrected chi connectivity index (χ1v) is 10.4. The Kier molecular flexibility index (Phi) is 5.17. The summed E-state index contributed by atoms with van der Waals surface area (Å²) in [4.78, 5) is 42.0. The van der Waals surface area contributed by atoms with Crippen molar-refractivity contribution >= 4 is 37.3 Å². The number of aromatic nitrogens is 2. The SMILES string of the molecule is CC(C)CCn1c(-c2ccc([N+](=O)[O-])cc2)nc2sc3ccccc3c(=O)c2c1=O. The van der Waals surface area contributed by atoms with Gasteiger partial charge in [0.05, 0.1) is 4.92 Å². The lowest BCUT2D eigenvalue weighted by molar-refractivity contribution is -0.384. The van der Waals surface area contributed by atoms with Crippen LogP contribution >= 0.6 is 11.3 Å². The van der Waals surface area contributed by atoms with Gasteiger partial charge in [-0.3, -0.25) is 24.3 Å². The minimum Gasteiger partial charge on any atom is -0.292 e. The third-order valence-electron chi connectivity index (χ3n) is 4.97. The summed E-state index contributed by atoms with van der Waals surface area (Å²) in [6.07, 6.45) is 0.734. The molecule has 0 amide bonds. The molecular weight excluding hydrogens is 402 g/mol. The molecule has 8 heteroatoms. The van der Waals surface area contributed by atoms with Crippen LogP contribution in [0.1, 0.15) is 20.3 Å². The van der Waals surface area contributed by atoms with Crippen molar-refractivity contribution in [3.8, 4) is 11.4 Å². The summed E-state index contributed by atoms with van der Waals surface area (Å²) < 4.78 is 2.28. The Morgan fingerprint density at radius 3 is 2.47 bits per heavy atom. The molecule has 0 bridgehead atoms. The molecule has 7 nitrogen and oxygen atoms in total. The first kappa shape index (κ1) is 19.9. The van der Waals surface area contributed by atoms with Gasteiger partial charge in [0.2, 0.25) is 5.43 Å². The molecule has 4 aromatic rings. The monoisotopic (exact) mass is 421 g/mol. The van der Waals surface area contributed by atoms with E-state index in [1.165, 1.54) is 28.0 Å². The molecule has 0 fully saturated rings. The van der Waals surface area contributed by atoms with Crippen molar-refractivity contribution in [3.63, 3.8) is 0 Å². The average molecular weight is 421 g/mol. The molecule has 152 valence electrons. The maximum atomic E-state index is 13.4. The highest BCUT2D eigenvalue weighted by Crippen LogP contribution is 2.26. The molecule has 2 aromatic carbocycles. The fourth-order valence-electron chi connectivity index (χ4n) is 3.33. The molecule has 0 spiro atoms. The van der Waals surface area contributed by atoms with E-state index in [9.17, 15) is 19.7 Å². The van der Waals surface area contributed by atoms with Gasteiger partial charge in [0.15, 0.2) is 0 Å². The van der Waals surface area contributed by atoms with E-state index in [1.807, 2.05) is 12.1 Å². The quantitative estimate of drug-likeness (QED) is 0.267. The lowest BCUT2D eigenvalue weighted by Crippen LogP contribution is -2.27. The van der Waals surface area contributed by atoms with Gasteiger partial charge in [-0.2, -0.15) is 0 Å². The van der Waals surface area contributed by atoms with Gasteiger partial charge >= 0.3 is 0 Å². The Hall–Kier alpha value is -3.39. The van der Waals surface area contributed by atoms with Crippen molar-refractivity contribution in [2.45, 2.75) is 26.8 Å². The molecule has 30 heavy (non-hydrogen) atoms. The second-order valence-corrected chi connectivity index (χ2v) is 8.52. The topological polar surface area (TPSA) is 95.1 Å². The van der Waals surface area contributed by atoms with Crippen molar-refractivity contribution in [2.24, 2.45) is 5.92 Å². The summed E-state index contributed by atoms with van der Waals surface area (Å²) in [5, 5.41) is 11.6. The van der Waals surface area contributed by atoms with Crippen LogP contribution in [0.25, 0.3) is 31.7 Å². The van der Waals surface area contributed by atoms with Gasteiger partial charge in [-0.25, -0.2) is 4.98 Å². The fourth-order valence-corrected chi connectivity index (χ4v) is 4.37. The Labute approximate surface area is 175 Å². The van der Waals surface area contributed by atoms with Crippen molar-refractivity contribution in [1.82, 2.24) is 9.55 Å². The van der Waals surface area contributed by atoms with Crippen molar-refractivity contribution in [2.75, 3.05) is 0 Å². The predicted octanol–water partition coefficient (Wildman–Crippen LogP) is 4.59. The highest BCUT2D eigenvalue weighted by atomic mass is 32.1. The zero-order chi connectivity index (χ0) is 21.4. The van der Waals surface area contributed by atoms with Crippen LogP contribution in [0.4, 0.5) is 5.69 Å². The molecule has 0 radical (unpaired) electrons. The number of nitrogens with zero attached hydrogens (tertiary/aromatic N) is 3. The summed E-state index contributed by atoms with van der Waals surface area (Å²) in [6.45, 7) is 4.52. The van der Waals surface area contributed by atoms with E-state index < -0.39 is 4.92 Å². The first-order chi connectivity index (χ1) is 14.4. The molecule has 2 aromatic heterocycles. The standard InChI is InChI=1S/C22H19N3O4S/c1-13(2)11-12-24-20(14-7-9-15(10-8-14)25(28)29)23-21-18(22(24)27)19(26)16-5-3-4-6-17(16)30-21/h3-10,13H,11-12H2,1-2H3. The van der Waals surface area contributed by atoms with E-state index in [1.54, 1.807) is 24.3 Å². The number of nitro benzene ring substituents is 1. The zero-order valence-electron chi connectivity index (χ0n) is 16.5. The van der Waals surface area contributed by atoms with Gasteiger partial charge in [-0.1, -0.05) is 26.0 Å². The molecule has 0 N–H and O–H groups in total. The number of benzene rings is 2. The molecule has 4 rings (SSSR count). The second kappa shape index (κ2) is 7.79. The van der Waals surface area contributed by atoms with Crippen LogP contribution in [0, 0.1) is 16.0 Å². The van der Waals surface area contributed by atoms with Crippen LogP contribution in [0.5, 0.6) is 0 Å². The van der Waals surface area contributed by atoms with Crippen LogP contribution in [-0.2, 0) is 6.54 Å². The Morgan fingerprint density at radius 1 is 1.10 bits per heavy atom. The third-order valence-corrected chi connectivity index (χ3v) is 6.03. The number of hydrogen-bond donors (Lipinski definition) is 0. The van der Waals surface area contributed by atoms with Crippen LogP contribution in [-0.4, -0.2) is 14.5 Å². The lowest BCUT2D eigenvalue weighted by Gasteiger charge is -2.14. The van der Waals surface area contributed by atoms with E-state index in [2.05, 4.69) is 18.8 Å². The lowest BCUT2D eigenvalue weighted by atomic mass is 10.1. The second-order valence-electron chi connectivity index (χ2n) is 7.49. The molecule has 0 saturated heterocycles. The fraction of sp³-hybridized carbons (Fsp3) is 0.227. The smallest absolute Gasteiger partial charge is 0.269 e. The maximum Gasteiger partial charge on any atom is 0.269 e. The molecule has 0 aliphatic heterocycles. The molecule has 0 unspecified atom stereocenters. The molecule has 0 saturated carbocycles. The zero-order valence-corrected chi connectivity index (χ0v) is 17.3. The van der Waals surface area contributed by atoms with E-state index >= 15 is 0 Å². The van der Waals surface area contributed by atoms with Gasteiger partial charge in [0.25, 0.3) is 11.2 Å². The Morgan fingerprint density at radius 2 is 1.80 bits per heavy atom. The number of hydrogen-bond acceptors (Lipinski definition) is 6. The normalized spacial score (nSPS) is 11.4. The highest BCUT2D eigenvalue weighted by molar-refractivity contribution is 7.24. The molecular formula is C22H19N3O4S. The van der Waals surface area contributed by atoms with Crippen molar-refractivity contribution in [1.29, 1.82) is 0 Å². The Balaban J connectivity index is 2.03. The van der Waals surface area contributed by atoms with Crippen LogP contribution in [0.15, 0.2) is 58.1 Å². The number of fused-ring (bicyclic) bond motifs is 2. The van der Waals surface area contributed by atoms with Gasteiger partial charge in [-0.05, 0) is 36.6 Å². The van der Waals surface area contributed by atoms with Crippen LogP contribution in [0.2, 0.25) is 0 Å². The summed E-state index contributed by atoms with van der Waals surface area (Å²) in [7, 11) is 0. The predicted molar refractivity (Wildman–Crippen MR) is 119 cm³/mol. The van der Waals surface area contributed by atoms with Crippen molar-refractivity contribution < 1.29 is 4.92 Å². The minimum absolute atomic E-state index is 0.0359. The largest absolute Gasteiger partial charge is 0.292 e. The minimum atomic E-state index is -0.471. The van der Waals surface area contributed by atoms with E-state index in [-0.39, 0.29) is 22.1 Å². The van der Waals surface area contributed by atoms with Gasteiger partial charge < -0.3 is 0 Å². The van der Waals surface area contributed by atoms with Crippen molar-refractivity contribution in [3.05, 3.63) is 79.2 Å². The molecule has 0 atom stereocenters. The first-order valence-electron chi connectivity index (χ1n) is 9.58. The number of non-ortho nitro benzene ring substituents is 1. The Bertz CT molecular complexity index is 1390. The summed E-state index contributed by atoms with van der Waals surface area (Å²) in [6, 6.07) is 13.1. The highest BCUT2D eigenvalue weighted by Gasteiger charge is 2.18. The third kappa shape index (κ3) is 3.50. The van der Waals surface area contributed by atoms with E-state index in [0.29, 0.717) is 34.1 Å². The number of rotatable bonds is 5. The summed E-state index contributed by atoms with van der Waals surface area (Å²) in [5.41, 5.74) is -0.131. The van der Waals surface area contributed by atoms with Gasteiger partial charge in [0.1, 0.15) is 16.0 Å². The van der Waals surface area contributed by atoms with E-state index in [0.717, 1.165) is 11.1 Å². The average Bonchev–Trinajstić information content (AvgIpc) is 2.72. The van der Waals surface area contributed by atoms with Crippen LogP contribution in [0.3, 0.4) is 0 Å². The van der Waals surface area contributed by atoms with E-state index in [4.69, 9.17) is 0 Å². The molecule has 0 aliphatic carbocycles. The maximum absolute atomic E-state index is 13.4. The summed E-state index contributed by atoms with van der Waals surface area (Å²) in [5.74, 6) is 0.762. The molecule has 0 aliphatic rings. The number of nitro groups is 1. The van der Waals surface area contributed by atoms with Gasteiger partial charge in [0, 0.05) is 34.3 Å².